The highest BCUT2D eigenvalue weighted by Gasteiger charge is 2.32. The molecule has 0 bridgehead atoms. The number of rotatable bonds is 4. The van der Waals surface area contributed by atoms with Gasteiger partial charge in [-0.1, -0.05) is 13.3 Å². The van der Waals surface area contributed by atoms with Crippen LogP contribution in [0.3, 0.4) is 0 Å². The lowest BCUT2D eigenvalue weighted by molar-refractivity contribution is 0.403. The monoisotopic (exact) mass is 296 g/mol. The van der Waals surface area contributed by atoms with Crippen LogP contribution in [-0.2, 0) is 9.84 Å². The lowest BCUT2D eigenvalue weighted by Gasteiger charge is -2.36. The van der Waals surface area contributed by atoms with Crippen molar-refractivity contribution in [1.82, 2.24) is 10.2 Å². The molecule has 1 rings (SSSR count). The van der Waals surface area contributed by atoms with Crippen molar-refractivity contribution in [3.8, 4) is 0 Å². The van der Waals surface area contributed by atoms with Crippen molar-refractivity contribution in [2.24, 2.45) is 0 Å². The number of hydrogen-bond acceptors (Lipinski definition) is 4. The van der Waals surface area contributed by atoms with Crippen LogP contribution in [0, 0.1) is 0 Å². The van der Waals surface area contributed by atoms with E-state index in [4.69, 9.17) is 12.2 Å². The van der Waals surface area contributed by atoms with Crippen molar-refractivity contribution in [3.05, 3.63) is 0 Å². The van der Waals surface area contributed by atoms with Gasteiger partial charge in [0.25, 0.3) is 0 Å². The van der Waals surface area contributed by atoms with Crippen molar-refractivity contribution in [1.29, 1.82) is 0 Å². The van der Waals surface area contributed by atoms with Gasteiger partial charge in [-0.25, -0.2) is 8.42 Å². The van der Waals surface area contributed by atoms with Crippen LogP contribution in [0.1, 0.15) is 19.8 Å². The van der Waals surface area contributed by atoms with Crippen molar-refractivity contribution in [3.63, 3.8) is 0 Å². The maximum absolute atomic E-state index is 11.7. The van der Waals surface area contributed by atoms with Crippen LogP contribution in [0.2, 0.25) is 0 Å². The second kappa shape index (κ2) is 6.80. The van der Waals surface area contributed by atoms with Gasteiger partial charge in [0.05, 0.1) is 0 Å². The van der Waals surface area contributed by atoms with Gasteiger partial charge in [-0.15, -0.1) is 0 Å². The quantitative estimate of drug-likeness (QED) is 0.619. The number of unbranched alkanes of at least 4 members (excludes halogenated alkanes) is 1. The number of thiocarbonyl (C=S) groups is 1. The Kier molecular flexibility index (Phi) is 6.02. The first kappa shape index (κ1) is 15.0. The Morgan fingerprint density at radius 2 is 2.29 bits per heavy atom. The molecule has 4 nitrogen and oxygen atoms in total. The Balaban J connectivity index is 2.62. The molecule has 0 aromatic carbocycles. The molecule has 1 saturated heterocycles. The number of thioether (sulfide) groups is 1. The minimum atomic E-state index is -3.07. The van der Waals surface area contributed by atoms with Crippen LogP contribution < -0.4 is 5.32 Å². The Bertz CT molecular complexity index is 357. The standard InChI is InChI=1S/C10H20N2O2S3/c1-3-4-5-11-10(15)12-6-7-16-8-9(12)17(2,13)14/h9H,3-8H2,1-2H3,(H,11,15). The number of hydrogen-bond donors (Lipinski definition) is 1. The predicted octanol–water partition coefficient (Wildman–Crippen LogP) is 1.08. The van der Waals surface area contributed by atoms with Gasteiger partial charge in [0, 0.05) is 30.9 Å². The molecule has 1 aliphatic heterocycles. The SMILES string of the molecule is CCCCNC(=S)N1CCSCC1S(C)(=O)=O. The van der Waals surface area contributed by atoms with Crippen LogP contribution in [0.25, 0.3) is 0 Å². The molecule has 0 amide bonds. The molecular formula is C10H20N2O2S3. The van der Waals surface area contributed by atoms with Crippen LogP contribution in [0.4, 0.5) is 0 Å². The van der Waals surface area contributed by atoms with Crippen molar-refractivity contribution in [2.75, 3.05) is 30.9 Å². The predicted molar refractivity (Wildman–Crippen MR) is 78.2 cm³/mol. The molecule has 0 aromatic rings. The zero-order chi connectivity index (χ0) is 12.9. The third-order valence-corrected chi connectivity index (χ3v) is 5.67. The van der Waals surface area contributed by atoms with E-state index in [0.29, 0.717) is 17.4 Å². The normalized spacial score (nSPS) is 21.3. The van der Waals surface area contributed by atoms with Gasteiger partial charge in [0.1, 0.15) is 5.37 Å². The van der Waals surface area contributed by atoms with E-state index in [-0.39, 0.29) is 0 Å². The molecular weight excluding hydrogens is 276 g/mol. The summed E-state index contributed by atoms with van der Waals surface area (Å²) in [5.74, 6) is 1.54. The first-order valence-electron chi connectivity index (χ1n) is 5.78. The van der Waals surface area contributed by atoms with E-state index in [9.17, 15) is 8.42 Å². The summed E-state index contributed by atoms with van der Waals surface area (Å²) >= 11 is 6.95. The van der Waals surface area contributed by atoms with Crippen molar-refractivity contribution >= 4 is 38.9 Å². The molecule has 1 N–H and O–H groups in total. The Morgan fingerprint density at radius 1 is 1.59 bits per heavy atom. The molecule has 1 heterocycles. The van der Waals surface area contributed by atoms with Gasteiger partial charge in [-0.05, 0) is 18.6 Å². The molecule has 100 valence electrons. The highest BCUT2D eigenvalue weighted by atomic mass is 32.2. The van der Waals surface area contributed by atoms with Gasteiger partial charge >= 0.3 is 0 Å². The summed E-state index contributed by atoms with van der Waals surface area (Å²) in [7, 11) is -3.07. The maximum atomic E-state index is 11.7. The van der Waals surface area contributed by atoms with Crippen molar-refractivity contribution in [2.45, 2.75) is 25.1 Å². The first-order valence-corrected chi connectivity index (χ1v) is 9.29. The van der Waals surface area contributed by atoms with Gasteiger partial charge < -0.3 is 10.2 Å². The van der Waals surface area contributed by atoms with E-state index in [1.54, 1.807) is 11.8 Å². The highest BCUT2D eigenvalue weighted by Crippen LogP contribution is 2.20. The minimum absolute atomic E-state index is 0.470. The van der Waals surface area contributed by atoms with E-state index < -0.39 is 15.2 Å². The Labute approximate surface area is 113 Å². The lowest BCUT2D eigenvalue weighted by atomic mass is 10.3. The molecule has 7 heteroatoms. The molecule has 0 radical (unpaired) electrons. The number of nitrogens with one attached hydrogen (secondary N) is 1. The smallest absolute Gasteiger partial charge is 0.170 e. The highest BCUT2D eigenvalue weighted by molar-refractivity contribution is 8.00. The van der Waals surface area contributed by atoms with Gasteiger partial charge in [0.2, 0.25) is 0 Å². The van der Waals surface area contributed by atoms with E-state index in [1.807, 2.05) is 4.90 Å². The van der Waals surface area contributed by atoms with Gasteiger partial charge in [0.15, 0.2) is 14.9 Å². The fraction of sp³-hybridized carbons (Fsp3) is 0.900. The average molecular weight is 296 g/mol. The Morgan fingerprint density at radius 3 is 2.88 bits per heavy atom. The molecule has 17 heavy (non-hydrogen) atoms. The fourth-order valence-corrected chi connectivity index (χ4v) is 4.85. The topological polar surface area (TPSA) is 49.4 Å². The molecule has 0 aliphatic carbocycles. The number of nitrogens with zero attached hydrogens (tertiary/aromatic N) is 1. The minimum Gasteiger partial charge on any atom is -0.363 e. The second-order valence-electron chi connectivity index (χ2n) is 4.14. The fourth-order valence-electron chi connectivity index (χ4n) is 1.64. The second-order valence-corrected chi connectivity index (χ2v) is 7.88. The average Bonchev–Trinajstić information content (AvgIpc) is 2.28. The Hall–Kier alpha value is -0.0100. The summed E-state index contributed by atoms with van der Waals surface area (Å²) in [6, 6.07) is 0. The first-order chi connectivity index (χ1) is 7.96. The largest absolute Gasteiger partial charge is 0.363 e. The van der Waals surface area contributed by atoms with E-state index >= 15 is 0 Å². The summed E-state index contributed by atoms with van der Waals surface area (Å²) in [5.41, 5.74) is 0. The van der Waals surface area contributed by atoms with Gasteiger partial charge in [-0.2, -0.15) is 11.8 Å². The molecule has 0 aromatic heterocycles. The van der Waals surface area contributed by atoms with E-state index in [1.165, 1.54) is 6.26 Å². The van der Waals surface area contributed by atoms with E-state index in [0.717, 1.165) is 25.1 Å². The van der Waals surface area contributed by atoms with Crippen LogP contribution >= 0.6 is 24.0 Å². The van der Waals surface area contributed by atoms with Gasteiger partial charge in [-0.3, -0.25) is 0 Å². The zero-order valence-electron chi connectivity index (χ0n) is 10.3. The summed E-state index contributed by atoms with van der Waals surface area (Å²) in [6.07, 6.45) is 3.43. The van der Waals surface area contributed by atoms with Crippen LogP contribution in [0.15, 0.2) is 0 Å². The third kappa shape index (κ3) is 4.63. The summed E-state index contributed by atoms with van der Waals surface area (Å²) in [6.45, 7) is 3.64. The van der Waals surface area contributed by atoms with Crippen molar-refractivity contribution < 1.29 is 8.42 Å². The summed E-state index contributed by atoms with van der Waals surface area (Å²) in [4.78, 5) is 1.82. The molecule has 1 atom stereocenters. The summed E-state index contributed by atoms with van der Waals surface area (Å²) in [5, 5.41) is 3.25. The third-order valence-electron chi connectivity index (χ3n) is 2.65. The summed E-state index contributed by atoms with van der Waals surface area (Å²) < 4.78 is 23.4. The molecule has 1 aliphatic rings. The van der Waals surface area contributed by atoms with Crippen LogP contribution in [0.5, 0.6) is 0 Å². The maximum Gasteiger partial charge on any atom is 0.170 e. The number of sulfone groups is 1. The molecule has 0 spiro atoms. The van der Waals surface area contributed by atoms with Crippen LogP contribution in [-0.4, -0.2) is 54.7 Å². The molecule has 0 saturated carbocycles. The zero-order valence-corrected chi connectivity index (χ0v) is 12.8. The van der Waals surface area contributed by atoms with E-state index in [2.05, 4.69) is 12.2 Å². The molecule has 1 unspecified atom stereocenters. The lowest BCUT2D eigenvalue weighted by Crippen LogP contribution is -2.53. The molecule has 1 fully saturated rings.